The first-order valence-corrected chi connectivity index (χ1v) is 8.71. The van der Waals surface area contributed by atoms with Crippen LogP contribution in [0.4, 0.5) is 11.8 Å². The lowest BCUT2D eigenvalue weighted by atomic mass is 10.2. The summed E-state index contributed by atoms with van der Waals surface area (Å²) in [6.45, 7) is 5.07. The molecule has 1 atom stereocenters. The van der Waals surface area contributed by atoms with E-state index in [-0.39, 0.29) is 5.75 Å². The van der Waals surface area contributed by atoms with E-state index in [0.717, 1.165) is 6.54 Å². The molecule has 3 rings (SSSR count). The topological polar surface area (TPSA) is 108 Å². The number of aryl methyl sites for hydroxylation is 1. The first kappa shape index (κ1) is 18.2. The number of phenols is 1. The first-order valence-electron chi connectivity index (χ1n) is 8.34. The Hall–Kier alpha value is -2.58. The number of aliphatic hydroxyl groups excluding tert-OH is 1. The molecule has 0 saturated carbocycles. The normalized spacial score (nSPS) is 12.3. The van der Waals surface area contributed by atoms with Gasteiger partial charge in [0.15, 0.2) is 17.0 Å². The predicted octanol–water partition coefficient (Wildman–Crippen LogP) is 2.61. The van der Waals surface area contributed by atoms with Gasteiger partial charge < -0.3 is 25.4 Å². The molecular formula is C17H21ClN6O2. The minimum Gasteiger partial charge on any atom is -0.508 e. The van der Waals surface area contributed by atoms with Crippen LogP contribution in [0.5, 0.6) is 5.75 Å². The smallest absolute Gasteiger partial charge is 0.226 e. The average molecular weight is 377 g/mol. The number of fused-ring (bicyclic) bond motifs is 1. The van der Waals surface area contributed by atoms with E-state index in [4.69, 9.17) is 11.6 Å². The van der Waals surface area contributed by atoms with Crippen LogP contribution in [0.15, 0.2) is 24.5 Å². The van der Waals surface area contributed by atoms with Crippen LogP contribution >= 0.6 is 11.6 Å². The van der Waals surface area contributed by atoms with Crippen molar-refractivity contribution in [3.63, 3.8) is 0 Å². The van der Waals surface area contributed by atoms with Crippen molar-refractivity contribution in [3.8, 4) is 5.75 Å². The zero-order chi connectivity index (χ0) is 18.7. The maximum Gasteiger partial charge on any atom is 0.226 e. The zero-order valence-corrected chi connectivity index (χ0v) is 15.3. The molecule has 138 valence electrons. The second-order valence-electron chi connectivity index (χ2n) is 5.96. The molecule has 0 spiro atoms. The van der Waals surface area contributed by atoms with Crippen molar-refractivity contribution in [1.82, 2.24) is 19.5 Å². The number of nitrogens with zero attached hydrogens (tertiary/aromatic N) is 4. The van der Waals surface area contributed by atoms with Crippen molar-refractivity contribution in [2.24, 2.45) is 0 Å². The van der Waals surface area contributed by atoms with Gasteiger partial charge >= 0.3 is 0 Å². The van der Waals surface area contributed by atoms with Crippen LogP contribution in [0.25, 0.3) is 11.2 Å². The van der Waals surface area contributed by atoms with E-state index in [1.165, 1.54) is 0 Å². The number of aromatic nitrogens is 4. The quantitative estimate of drug-likeness (QED) is 0.502. The van der Waals surface area contributed by atoms with Gasteiger partial charge in [0.25, 0.3) is 0 Å². The standard InChI is InChI=1S/C17H21ClN6O2/c1-3-24-9-21-14-15(19-8-11-6-12(18)4-5-13(11)26)22-17(23-16(14)24)20-7-10(2)25/h4-6,9-10,25-26H,3,7-8H2,1-2H3,(H2,19,20,22,23). The Balaban J connectivity index is 1.92. The van der Waals surface area contributed by atoms with Crippen LogP contribution in [0.1, 0.15) is 19.4 Å². The van der Waals surface area contributed by atoms with Crippen molar-refractivity contribution in [3.05, 3.63) is 35.1 Å². The number of aromatic hydroxyl groups is 1. The SMILES string of the molecule is CCn1cnc2c(NCc3cc(Cl)ccc3O)nc(NCC(C)O)nc21. The Bertz CT molecular complexity index is 912. The second kappa shape index (κ2) is 7.76. The number of hydrogen-bond acceptors (Lipinski definition) is 7. The van der Waals surface area contributed by atoms with Gasteiger partial charge in [-0.15, -0.1) is 0 Å². The molecule has 8 nitrogen and oxygen atoms in total. The first-order chi connectivity index (χ1) is 12.5. The number of halogens is 1. The van der Waals surface area contributed by atoms with Crippen LogP contribution in [-0.4, -0.2) is 42.4 Å². The molecule has 26 heavy (non-hydrogen) atoms. The number of rotatable bonds is 7. The maximum absolute atomic E-state index is 9.98. The van der Waals surface area contributed by atoms with E-state index in [9.17, 15) is 10.2 Å². The number of anilines is 2. The Morgan fingerprint density at radius 3 is 2.81 bits per heavy atom. The molecule has 0 bridgehead atoms. The van der Waals surface area contributed by atoms with Gasteiger partial charge in [-0.2, -0.15) is 9.97 Å². The van der Waals surface area contributed by atoms with E-state index in [2.05, 4.69) is 25.6 Å². The highest BCUT2D eigenvalue weighted by Crippen LogP contribution is 2.25. The molecule has 9 heteroatoms. The molecule has 2 aromatic heterocycles. The monoisotopic (exact) mass is 376 g/mol. The fourth-order valence-electron chi connectivity index (χ4n) is 2.49. The van der Waals surface area contributed by atoms with E-state index < -0.39 is 6.10 Å². The van der Waals surface area contributed by atoms with Crippen LogP contribution in [-0.2, 0) is 13.1 Å². The van der Waals surface area contributed by atoms with Gasteiger partial charge in [-0.3, -0.25) is 0 Å². The molecule has 1 aromatic carbocycles. The molecular weight excluding hydrogens is 356 g/mol. The summed E-state index contributed by atoms with van der Waals surface area (Å²) in [6, 6.07) is 4.88. The van der Waals surface area contributed by atoms with Gasteiger partial charge in [0.1, 0.15) is 5.75 Å². The van der Waals surface area contributed by atoms with Gasteiger partial charge in [0, 0.05) is 30.2 Å². The highest BCUT2D eigenvalue weighted by atomic mass is 35.5. The molecule has 1 unspecified atom stereocenters. The fraction of sp³-hybridized carbons (Fsp3) is 0.353. The van der Waals surface area contributed by atoms with Crippen LogP contribution < -0.4 is 10.6 Å². The van der Waals surface area contributed by atoms with Crippen molar-refractivity contribution in [2.75, 3.05) is 17.2 Å². The van der Waals surface area contributed by atoms with Crippen LogP contribution in [0.2, 0.25) is 5.02 Å². The van der Waals surface area contributed by atoms with Crippen molar-refractivity contribution >= 4 is 34.5 Å². The van der Waals surface area contributed by atoms with Gasteiger partial charge in [-0.1, -0.05) is 11.6 Å². The highest BCUT2D eigenvalue weighted by molar-refractivity contribution is 6.30. The third kappa shape index (κ3) is 3.97. The largest absolute Gasteiger partial charge is 0.508 e. The summed E-state index contributed by atoms with van der Waals surface area (Å²) in [7, 11) is 0. The Labute approximate surface area is 155 Å². The predicted molar refractivity (Wildman–Crippen MR) is 102 cm³/mol. The van der Waals surface area contributed by atoms with Crippen molar-refractivity contribution in [2.45, 2.75) is 33.0 Å². The van der Waals surface area contributed by atoms with Gasteiger partial charge in [0.05, 0.1) is 12.4 Å². The molecule has 0 radical (unpaired) electrons. The molecule has 4 N–H and O–H groups in total. The van der Waals surface area contributed by atoms with E-state index >= 15 is 0 Å². The lowest BCUT2D eigenvalue weighted by Crippen LogP contribution is -2.17. The summed E-state index contributed by atoms with van der Waals surface area (Å²) in [6.07, 6.45) is 1.19. The Morgan fingerprint density at radius 2 is 2.08 bits per heavy atom. The van der Waals surface area contributed by atoms with E-state index in [1.807, 2.05) is 11.5 Å². The van der Waals surface area contributed by atoms with Gasteiger partial charge in [-0.05, 0) is 32.0 Å². The maximum atomic E-state index is 9.98. The van der Waals surface area contributed by atoms with Gasteiger partial charge in [-0.25, -0.2) is 4.98 Å². The number of nitrogens with one attached hydrogen (secondary N) is 2. The summed E-state index contributed by atoms with van der Waals surface area (Å²) >= 11 is 6.00. The summed E-state index contributed by atoms with van der Waals surface area (Å²) in [4.78, 5) is 13.3. The summed E-state index contributed by atoms with van der Waals surface area (Å²) in [5.74, 6) is 1.08. The minimum absolute atomic E-state index is 0.152. The average Bonchev–Trinajstić information content (AvgIpc) is 3.03. The molecule has 0 fully saturated rings. The summed E-state index contributed by atoms with van der Waals surface area (Å²) in [5, 5.41) is 26.2. The van der Waals surface area contributed by atoms with Crippen molar-refractivity contribution < 1.29 is 10.2 Å². The second-order valence-corrected chi connectivity index (χ2v) is 6.39. The number of aliphatic hydroxyl groups is 1. The minimum atomic E-state index is -0.523. The zero-order valence-electron chi connectivity index (χ0n) is 14.6. The lowest BCUT2D eigenvalue weighted by molar-refractivity contribution is 0.208. The molecule has 0 amide bonds. The van der Waals surface area contributed by atoms with E-state index in [1.54, 1.807) is 31.5 Å². The number of hydrogen-bond donors (Lipinski definition) is 4. The fourth-order valence-corrected chi connectivity index (χ4v) is 2.69. The summed E-state index contributed by atoms with van der Waals surface area (Å²) < 4.78 is 1.91. The third-order valence-corrected chi connectivity index (χ3v) is 4.08. The molecule has 2 heterocycles. The Morgan fingerprint density at radius 1 is 1.27 bits per heavy atom. The lowest BCUT2D eigenvalue weighted by Gasteiger charge is -2.12. The molecule has 3 aromatic rings. The number of benzene rings is 1. The van der Waals surface area contributed by atoms with Crippen LogP contribution in [0.3, 0.4) is 0 Å². The molecule has 0 aliphatic heterocycles. The van der Waals surface area contributed by atoms with Crippen molar-refractivity contribution in [1.29, 1.82) is 0 Å². The summed E-state index contributed by atoms with van der Waals surface area (Å²) in [5.41, 5.74) is 1.97. The van der Waals surface area contributed by atoms with E-state index in [0.29, 0.717) is 46.6 Å². The molecule has 0 aliphatic carbocycles. The van der Waals surface area contributed by atoms with Crippen LogP contribution in [0, 0.1) is 0 Å². The van der Waals surface area contributed by atoms with Gasteiger partial charge in [0.2, 0.25) is 5.95 Å². The number of imidazole rings is 1. The molecule has 0 aliphatic rings. The number of phenolic OH excluding ortho intramolecular Hbond substituents is 1. The molecule has 0 saturated heterocycles. The highest BCUT2D eigenvalue weighted by Gasteiger charge is 2.14. The third-order valence-electron chi connectivity index (χ3n) is 3.85. The Kier molecular flexibility index (Phi) is 5.43.